The molecule has 0 fully saturated rings. The lowest BCUT2D eigenvalue weighted by Gasteiger charge is -2.18. The van der Waals surface area contributed by atoms with Gasteiger partial charge < -0.3 is 5.32 Å². The molecule has 2 rings (SSSR count). The van der Waals surface area contributed by atoms with Crippen LogP contribution in [0.1, 0.15) is 26.3 Å². The summed E-state index contributed by atoms with van der Waals surface area (Å²) in [4.78, 5) is 4.51. The van der Waals surface area contributed by atoms with Crippen molar-refractivity contribution in [3.8, 4) is 0 Å². The Balaban J connectivity index is 2.55. The molecule has 2 aromatic rings. The number of fused-ring (bicyclic) bond motifs is 1. The molecule has 0 unspecified atom stereocenters. The molecule has 0 aliphatic carbocycles. The van der Waals surface area contributed by atoms with Crippen LogP contribution in [0.15, 0.2) is 18.2 Å². The number of anilines is 1. The third-order valence-corrected chi connectivity index (χ3v) is 3.52. The highest BCUT2D eigenvalue weighted by Crippen LogP contribution is 2.30. The molecule has 0 saturated heterocycles. The molecule has 0 aliphatic rings. The van der Waals surface area contributed by atoms with Gasteiger partial charge in [-0.05, 0) is 23.1 Å². The summed E-state index contributed by atoms with van der Waals surface area (Å²) in [5, 5.41) is 4.06. The molecule has 2 nitrogen and oxygen atoms in total. The number of nitrogens with one attached hydrogen (secondary N) is 1. The molecule has 0 saturated carbocycles. The second kappa shape index (κ2) is 3.49. The summed E-state index contributed by atoms with van der Waals surface area (Å²) in [5.74, 6) is 0. The lowest BCUT2D eigenvalue weighted by Crippen LogP contribution is -2.10. The van der Waals surface area contributed by atoms with Crippen molar-refractivity contribution in [3.05, 3.63) is 23.8 Å². The Morgan fingerprint density at radius 3 is 2.60 bits per heavy atom. The zero-order valence-corrected chi connectivity index (χ0v) is 10.4. The molecule has 0 radical (unpaired) electrons. The van der Waals surface area contributed by atoms with E-state index in [0.29, 0.717) is 0 Å². The maximum Gasteiger partial charge on any atom is 0.183 e. The molecular weight excluding hydrogens is 204 g/mol. The highest BCUT2D eigenvalue weighted by atomic mass is 32.1. The summed E-state index contributed by atoms with van der Waals surface area (Å²) < 4.78 is 1.24. The van der Waals surface area contributed by atoms with E-state index >= 15 is 0 Å². The maximum atomic E-state index is 4.51. The Morgan fingerprint density at radius 2 is 2.00 bits per heavy atom. The number of hydrogen-bond donors (Lipinski definition) is 1. The first kappa shape index (κ1) is 10.4. The lowest BCUT2D eigenvalue weighted by atomic mass is 9.87. The number of rotatable bonds is 1. The van der Waals surface area contributed by atoms with Crippen molar-refractivity contribution in [2.75, 3.05) is 12.4 Å². The Labute approximate surface area is 94.3 Å². The summed E-state index contributed by atoms with van der Waals surface area (Å²) in [7, 11) is 1.91. The number of hydrogen-bond acceptors (Lipinski definition) is 3. The van der Waals surface area contributed by atoms with Crippen LogP contribution in [0.3, 0.4) is 0 Å². The lowest BCUT2D eigenvalue weighted by molar-refractivity contribution is 0.591. The van der Waals surface area contributed by atoms with E-state index in [1.54, 1.807) is 11.3 Å². The second-order valence-corrected chi connectivity index (χ2v) is 5.73. The molecule has 3 heteroatoms. The number of aromatic nitrogens is 1. The first-order valence-electron chi connectivity index (χ1n) is 5.09. The fourth-order valence-corrected chi connectivity index (χ4v) is 2.30. The molecule has 0 spiro atoms. The zero-order chi connectivity index (χ0) is 11.1. The predicted octanol–water partition coefficient (Wildman–Crippen LogP) is 3.64. The highest BCUT2D eigenvalue weighted by molar-refractivity contribution is 7.22. The van der Waals surface area contributed by atoms with Gasteiger partial charge in [0.2, 0.25) is 0 Å². The monoisotopic (exact) mass is 220 g/mol. The predicted molar refractivity (Wildman–Crippen MR) is 67.9 cm³/mol. The number of nitrogens with zero attached hydrogens (tertiary/aromatic N) is 1. The van der Waals surface area contributed by atoms with Crippen molar-refractivity contribution in [3.63, 3.8) is 0 Å². The Morgan fingerprint density at radius 1 is 1.27 bits per heavy atom. The van der Waals surface area contributed by atoms with Crippen molar-refractivity contribution in [2.45, 2.75) is 26.2 Å². The van der Waals surface area contributed by atoms with Crippen molar-refractivity contribution in [2.24, 2.45) is 0 Å². The highest BCUT2D eigenvalue weighted by Gasteiger charge is 2.14. The second-order valence-electron chi connectivity index (χ2n) is 4.70. The van der Waals surface area contributed by atoms with Gasteiger partial charge in [0.05, 0.1) is 10.2 Å². The molecule has 0 amide bonds. The van der Waals surface area contributed by atoms with Crippen molar-refractivity contribution in [1.82, 2.24) is 4.98 Å². The van der Waals surface area contributed by atoms with Crippen LogP contribution in [0, 0.1) is 0 Å². The van der Waals surface area contributed by atoms with E-state index in [9.17, 15) is 0 Å². The quantitative estimate of drug-likeness (QED) is 0.793. The van der Waals surface area contributed by atoms with Gasteiger partial charge in [-0.3, -0.25) is 0 Å². The molecule has 0 aliphatic heterocycles. The SMILES string of the molecule is CNc1nc2cc(C(C)(C)C)ccc2s1. The van der Waals surface area contributed by atoms with Crippen LogP contribution < -0.4 is 5.32 Å². The van der Waals surface area contributed by atoms with Gasteiger partial charge in [0.1, 0.15) is 0 Å². The molecule has 15 heavy (non-hydrogen) atoms. The van der Waals surface area contributed by atoms with Gasteiger partial charge >= 0.3 is 0 Å². The Hall–Kier alpha value is -1.09. The molecule has 0 atom stereocenters. The minimum Gasteiger partial charge on any atom is -0.365 e. The normalized spacial score (nSPS) is 12.0. The summed E-state index contributed by atoms with van der Waals surface area (Å²) in [6.07, 6.45) is 0. The van der Waals surface area contributed by atoms with Crippen LogP contribution in [0.4, 0.5) is 5.13 Å². The fraction of sp³-hybridized carbons (Fsp3) is 0.417. The smallest absolute Gasteiger partial charge is 0.183 e. The van der Waals surface area contributed by atoms with E-state index in [1.165, 1.54) is 10.3 Å². The summed E-state index contributed by atoms with van der Waals surface area (Å²) in [6.45, 7) is 6.67. The average Bonchev–Trinajstić information content (AvgIpc) is 2.57. The summed E-state index contributed by atoms with van der Waals surface area (Å²) in [6, 6.07) is 6.54. The van der Waals surface area contributed by atoms with Crippen LogP contribution in [0.2, 0.25) is 0 Å². The van der Waals surface area contributed by atoms with Crippen molar-refractivity contribution >= 4 is 26.7 Å². The van der Waals surface area contributed by atoms with Gasteiger partial charge in [0.25, 0.3) is 0 Å². The third kappa shape index (κ3) is 1.97. The maximum absolute atomic E-state index is 4.51. The standard InChI is InChI=1S/C12H16N2S/c1-12(2,3)8-5-6-10-9(7-8)14-11(13-4)15-10/h5-7H,1-4H3,(H,13,14). The van der Waals surface area contributed by atoms with Crippen LogP contribution in [-0.4, -0.2) is 12.0 Å². The molecule has 1 N–H and O–H groups in total. The molecular formula is C12H16N2S. The van der Waals surface area contributed by atoms with Crippen molar-refractivity contribution in [1.29, 1.82) is 0 Å². The first-order valence-corrected chi connectivity index (χ1v) is 5.91. The molecule has 1 heterocycles. The van der Waals surface area contributed by atoms with Crippen LogP contribution in [0.25, 0.3) is 10.2 Å². The van der Waals surface area contributed by atoms with Gasteiger partial charge in [0.15, 0.2) is 5.13 Å². The van der Waals surface area contributed by atoms with Gasteiger partial charge in [0, 0.05) is 7.05 Å². The van der Waals surface area contributed by atoms with E-state index in [4.69, 9.17) is 0 Å². The van der Waals surface area contributed by atoms with Crippen LogP contribution >= 0.6 is 11.3 Å². The van der Waals surface area contributed by atoms with Gasteiger partial charge in [-0.15, -0.1) is 0 Å². The van der Waals surface area contributed by atoms with Crippen molar-refractivity contribution < 1.29 is 0 Å². The molecule has 1 aromatic heterocycles. The van der Waals surface area contributed by atoms with Crippen LogP contribution in [0.5, 0.6) is 0 Å². The molecule has 1 aromatic carbocycles. The topological polar surface area (TPSA) is 24.9 Å². The molecule has 0 bridgehead atoms. The Kier molecular flexibility index (Phi) is 2.43. The van der Waals surface area contributed by atoms with E-state index in [2.05, 4.69) is 49.3 Å². The van der Waals surface area contributed by atoms with Gasteiger partial charge in [-0.25, -0.2) is 4.98 Å². The minimum atomic E-state index is 0.192. The largest absolute Gasteiger partial charge is 0.365 e. The first-order chi connectivity index (χ1) is 7.00. The van der Waals surface area contributed by atoms with E-state index in [-0.39, 0.29) is 5.41 Å². The minimum absolute atomic E-state index is 0.192. The number of thiazole rings is 1. The third-order valence-electron chi connectivity index (χ3n) is 2.47. The van der Waals surface area contributed by atoms with Gasteiger partial charge in [-0.1, -0.05) is 38.2 Å². The van der Waals surface area contributed by atoms with E-state index in [0.717, 1.165) is 10.6 Å². The summed E-state index contributed by atoms with van der Waals surface area (Å²) >= 11 is 1.69. The van der Waals surface area contributed by atoms with Crippen LogP contribution in [-0.2, 0) is 5.41 Å². The van der Waals surface area contributed by atoms with Gasteiger partial charge in [-0.2, -0.15) is 0 Å². The zero-order valence-electron chi connectivity index (χ0n) is 9.59. The van der Waals surface area contributed by atoms with E-state index < -0.39 is 0 Å². The average molecular weight is 220 g/mol. The number of benzene rings is 1. The van der Waals surface area contributed by atoms with E-state index in [1.807, 2.05) is 7.05 Å². The molecule has 80 valence electrons. The summed E-state index contributed by atoms with van der Waals surface area (Å²) in [5.41, 5.74) is 2.62. The Bertz CT molecular complexity index is 480. The fourth-order valence-electron chi connectivity index (χ4n) is 1.50.